The molecule has 0 unspecified atom stereocenters. The number of nitrogens with zero attached hydrogens (tertiary/aromatic N) is 3. The third-order valence-corrected chi connectivity index (χ3v) is 2.03. The Bertz CT molecular complexity index is 598. The van der Waals surface area contributed by atoms with Crippen molar-refractivity contribution in [3.8, 4) is 0 Å². The van der Waals surface area contributed by atoms with Crippen LogP contribution in [0, 0.1) is 20.2 Å². The van der Waals surface area contributed by atoms with Crippen molar-refractivity contribution in [1.29, 1.82) is 0 Å². The third kappa shape index (κ3) is 3.87. The molecular formula is C10H9N5O5. The fourth-order valence-electron chi connectivity index (χ4n) is 1.14. The van der Waals surface area contributed by atoms with Gasteiger partial charge in [-0.1, -0.05) is 6.58 Å². The van der Waals surface area contributed by atoms with Crippen LogP contribution in [0.15, 0.2) is 36.0 Å². The Balaban J connectivity index is 2.89. The SMILES string of the molecule is C=CC(=O)N/C=N/Nc1ccc([N+](=O)[O-])cc1[N+](=O)[O-]. The summed E-state index contributed by atoms with van der Waals surface area (Å²) in [5.41, 5.74) is 1.33. The molecule has 2 N–H and O–H groups in total. The Kier molecular flexibility index (Phi) is 4.86. The highest BCUT2D eigenvalue weighted by atomic mass is 16.6. The van der Waals surface area contributed by atoms with Crippen molar-refractivity contribution < 1.29 is 14.6 Å². The van der Waals surface area contributed by atoms with E-state index in [2.05, 4.69) is 22.4 Å². The van der Waals surface area contributed by atoms with Gasteiger partial charge in [-0.05, 0) is 12.1 Å². The number of benzene rings is 1. The number of carbonyl (C=O) groups excluding carboxylic acids is 1. The Morgan fingerprint density at radius 2 is 2.00 bits per heavy atom. The fourth-order valence-corrected chi connectivity index (χ4v) is 1.14. The third-order valence-electron chi connectivity index (χ3n) is 2.03. The molecular weight excluding hydrogens is 270 g/mol. The Morgan fingerprint density at radius 3 is 2.55 bits per heavy atom. The van der Waals surface area contributed by atoms with Crippen LogP contribution in [-0.2, 0) is 4.79 Å². The van der Waals surface area contributed by atoms with Crippen LogP contribution in [0.1, 0.15) is 0 Å². The molecule has 10 heteroatoms. The summed E-state index contributed by atoms with van der Waals surface area (Å²) < 4.78 is 0. The van der Waals surface area contributed by atoms with E-state index in [1.54, 1.807) is 0 Å². The molecule has 0 heterocycles. The van der Waals surface area contributed by atoms with Gasteiger partial charge >= 0.3 is 5.69 Å². The minimum Gasteiger partial charge on any atom is -0.312 e. The van der Waals surface area contributed by atoms with Crippen LogP contribution < -0.4 is 10.7 Å². The molecule has 0 atom stereocenters. The van der Waals surface area contributed by atoms with Gasteiger partial charge in [0.15, 0.2) is 0 Å². The number of nitro benzene ring substituents is 2. The van der Waals surface area contributed by atoms with Gasteiger partial charge in [0.1, 0.15) is 12.0 Å². The van der Waals surface area contributed by atoms with Crippen molar-refractivity contribution in [1.82, 2.24) is 5.32 Å². The van der Waals surface area contributed by atoms with Crippen LogP contribution in [-0.4, -0.2) is 22.1 Å². The van der Waals surface area contributed by atoms with Gasteiger partial charge in [-0.15, -0.1) is 0 Å². The van der Waals surface area contributed by atoms with Gasteiger partial charge in [0.25, 0.3) is 5.69 Å². The first-order valence-electron chi connectivity index (χ1n) is 5.09. The molecule has 0 saturated carbocycles. The van der Waals surface area contributed by atoms with Crippen LogP contribution in [0.25, 0.3) is 0 Å². The summed E-state index contributed by atoms with van der Waals surface area (Å²) in [6, 6.07) is 3.04. The molecule has 1 rings (SSSR count). The highest BCUT2D eigenvalue weighted by molar-refractivity contribution is 5.95. The lowest BCUT2D eigenvalue weighted by molar-refractivity contribution is -0.393. The first kappa shape index (κ1) is 14.8. The largest absolute Gasteiger partial charge is 0.312 e. The Hall–Kier alpha value is -3.30. The molecule has 0 aliphatic carbocycles. The fraction of sp³-hybridized carbons (Fsp3) is 0. The van der Waals surface area contributed by atoms with E-state index >= 15 is 0 Å². The summed E-state index contributed by atoms with van der Waals surface area (Å²) in [5, 5.41) is 27.0. The smallest absolute Gasteiger partial charge is 0.301 e. The van der Waals surface area contributed by atoms with E-state index in [1.165, 1.54) is 0 Å². The van der Waals surface area contributed by atoms with Crippen molar-refractivity contribution >= 4 is 29.3 Å². The molecule has 10 nitrogen and oxygen atoms in total. The molecule has 0 aromatic heterocycles. The molecule has 0 radical (unpaired) electrons. The van der Waals surface area contributed by atoms with Crippen molar-refractivity contribution in [2.75, 3.05) is 5.43 Å². The number of carbonyl (C=O) groups is 1. The maximum absolute atomic E-state index is 10.8. The normalized spacial score (nSPS) is 10.0. The van der Waals surface area contributed by atoms with Crippen LogP contribution in [0.3, 0.4) is 0 Å². The molecule has 1 aromatic rings. The highest BCUT2D eigenvalue weighted by Gasteiger charge is 2.18. The minimum atomic E-state index is -0.785. The maximum Gasteiger partial charge on any atom is 0.301 e. The standard InChI is InChI=1S/C10H9N5O5/c1-2-10(16)11-6-12-13-8-4-3-7(14(17)18)5-9(8)15(19)20/h2-6,13H,1H2,(H,11,12,16). The maximum atomic E-state index is 10.8. The van der Waals surface area contributed by atoms with E-state index in [4.69, 9.17) is 0 Å². The zero-order valence-electron chi connectivity index (χ0n) is 9.98. The number of hydrazone groups is 1. The number of non-ortho nitro benzene ring substituents is 1. The summed E-state index contributed by atoms with van der Waals surface area (Å²) in [6.07, 6.45) is 1.98. The molecule has 0 bridgehead atoms. The molecule has 1 amide bonds. The monoisotopic (exact) mass is 279 g/mol. The molecule has 0 saturated heterocycles. The summed E-state index contributed by atoms with van der Waals surface area (Å²) >= 11 is 0. The first-order valence-corrected chi connectivity index (χ1v) is 5.09. The second kappa shape index (κ2) is 6.58. The molecule has 104 valence electrons. The highest BCUT2D eigenvalue weighted by Crippen LogP contribution is 2.28. The van der Waals surface area contributed by atoms with E-state index in [0.29, 0.717) is 0 Å². The predicted molar refractivity (Wildman–Crippen MR) is 70.2 cm³/mol. The zero-order valence-corrected chi connectivity index (χ0v) is 9.98. The summed E-state index contributed by atoms with van der Waals surface area (Å²) in [6.45, 7) is 3.21. The molecule has 20 heavy (non-hydrogen) atoms. The van der Waals surface area contributed by atoms with Gasteiger partial charge in [-0.2, -0.15) is 5.10 Å². The van der Waals surface area contributed by atoms with Crippen LogP contribution in [0.4, 0.5) is 17.1 Å². The number of anilines is 1. The summed E-state index contributed by atoms with van der Waals surface area (Å²) in [4.78, 5) is 30.6. The lowest BCUT2D eigenvalue weighted by Crippen LogP contribution is -2.19. The number of hydrogen-bond donors (Lipinski definition) is 2. The number of amides is 1. The second-order valence-electron chi connectivity index (χ2n) is 3.30. The second-order valence-corrected chi connectivity index (χ2v) is 3.30. The quantitative estimate of drug-likeness (QED) is 0.263. The van der Waals surface area contributed by atoms with E-state index in [9.17, 15) is 25.0 Å². The first-order chi connectivity index (χ1) is 9.45. The predicted octanol–water partition coefficient (Wildman–Crippen LogP) is 1.16. The van der Waals surface area contributed by atoms with Crippen LogP contribution >= 0.6 is 0 Å². The van der Waals surface area contributed by atoms with E-state index < -0.39 is 27.1 Å². The molecule has 0 aliphatic rings. The lowest BCUT2D eigenvalue weighted by Gasteiger charge is -2.01. The number of nitro groups is 2. The van der Waals surface area contributed by atoms with Gasteiger partial charge in [-0.3, -0.25) is 30.4 Å². The average molecular weight is 279 g/mol. The van der Waals surface area contributed by atoms with Gasteiger partial charge in [-0.25, -0.2) is 0 Å². The minimum absolute atomic E-state index is 0.0512. The van der Waals surface area contributed by atoms with Crippen molar-refractivity contribution in [2.24, 2.45) is 5.10 Å². The van der Waals surface area contributed by atoms with Crippen molar-refractivity contribution in [2.45, 2.75) is 0 Å². The number of hydrogen-bond acceptors (Lipinski definition) is 7. The van der Waals surface area contributed by atoms with E-state index in [0.717, 1.165) is 30.6 Å². The average Bonchev–Trinajstić information content (AvgIpc) is 2.42. The van der Waals surface area contributed by atoms with Crippen LogP contribution in [0.2, 0.25) is 0 Å². The van der Waals surface area contributed by atoms with E-state index in [-0.39, 0.29) is 5.69 Å². The van der Waals surface area contributed by atoms with Gasteiger partial charge < -0.3 is 5.32 Å². The van der Waals surface area contributed by atoms with Crippen molar-refractivity contribution in [3.63, 3.8) is 0 Å². The molecule has 0 aliphatic heterocycles. The zero-order chi connectivity index (χ0) is 15.1. The Labute approximate surface area is 112 Å². The van der Waals surface area contributed by atoms with Gasteiger partial charge in [0.05, 0.1) is 15.9 Å². The van der Waals surface area contributed by atoms with Crippen LogP contribution in [0.5, 0.6) is 0 Å². The van der Waals surface area contributed by atoms with Gasteiger partial charge in [0, 0.05) is 6.07 Å². The lowest BCUT2D eigenvalue weighted by atomic mass is 10.2. The Morgan fingerprint density at radius 1 is 1.30 bits per heavy atom. The molecule has 1 aromatic carbocycles. The molecule has 0 spiro atoms. The van der Waals surface area contributed by atoms with Crippen molar-refractivity contribution in [3.05, 3.63) is 51.1 Å². The molecule has 0 fully saturated rings. The van der Waals surface area contributed by atoms with E-state index in [1.807, 2.05) is 0 Å². The topological polar surface area (TPSA) is 140 Å². The number of rotatable bonds is 6. The van der Waals surface area contributed by atoms with Gasteiger partial charge in [0.2, 0.25) is 5.91 Å². The summed E-state index contributed by atoms with van der Waals surface area (Å²) in [7, 11) is 0. The number of nitrogens with one attached hydrogen (secondary N) is 2. The summed E-state index contributed by atoms with van der Waals surface area (Å²) in [5.74, 6) is -0.506.